The monoisotopic (exact) mass is 184 g/mol. The number of allylic oxidation sites excluding steroid dienone is 1. The summed E-state index contributed by atoms with van der Waals surface area (Å²) in [6.07, 6.45) is 4.99. The zero-order valence-corrected chi connectivity index (χ0v) is 7.45. The number of aromatic nitrogens is 2. The molecule has 0 unspecified atom stereocenters. The molecule has 0 bridgehead atoms. The van der Waals surface area contributed by atoms with Gasteiger partial charge >= 0.3 is 0 Å². The molecule has 3 nitrogen and oxygen atoms in total. The Hall–Kier alpha value is -1.09. The molecule has 12 heavy (non-hydrogen) atoms. The SMILES string of the molecule is CC(=O)c1cnn(C/C=C/Cl)c1. The van der Waals surface area contributed by atoms with Crippen molar-refractivity contribution >= 4 is 17.4 Å². The number of ketones is 1. The van der Waals surface area contributed by atoms with Crippen LogP contribution in [-0.2, 0) is 6.54 Å². The van der Waals surface area contributed by atoms with Crippen molar-refractivity contribution in [1.29, 1.82) is 0 Å². The van der Waals surface area contributed by atoms with Gasteiger partial charge in [-0.05, 0) is 6.92 Å². The standard InChI is InChI=1S/C8H9ClN2O/c1-7(12)8-5-10-11(6-8)4-2-3-9/h2-3,5-6H,4H2,1H3/b3-2+. The van der Waals surface area contributed by atoms with E-state index in [4.69, 9.17) is 11.6 Å². The molecule has 0 spiro atoms. The Kier molecular flexibility index (Phi) is 3.05. The molecule has 0 aliphatic carbocycles. The summed E-state index contributed by atoms with van der Waals surface area (Å²) in [7, 11) is 0. The van der Waals surface area contributed by atoms with Gasteiger partial charge in [-0.15, -0.1) is 0 Å². The molecule has 1 aromatic rings. The predicted octanol–water partition coefficient (Wildman–Crippen LogP) is 1.84. The quantitative estimate of drug-likeness (QED) is 0.672. The van der Waals surface area contributed by atoms with E-state index >= 15 is 0 Å². The van der Waals surface area contributed by atoms with Gasteiger partial charge in [0.2, 0.25) is 0 Å². The van der Waals surface area contributed by atoms with Crippen molar-refractivity contribution in [1.82, 2.24) is 9.78 Å². The van der Waals surface area contributed by atoms with Crippen LogP contribution in [0.4, 0.5) is 0 Å². The summed E-state index contributed by atoms with van der Waals surface area (Å²) in [6.45, 7) is 2.11. The van der Waals surface area contributed by atoms with Gasteiger partial charge in [0.25, 0.3) is 0 Å². The van der Waals surface area contributed by atoms with Crippen molar-refractivity contribution < 1.29 is 4.79 Å². The Labute approximate surface area is 75.6 Å². The van der Waals surface area contributed by atoms with Gasteiger partial charge in [-0.2, -0.15) is 5.10 Å². The number of Topliss-reactive ketones (excluding diaryl/α,β-unsaturated/α-hetero) is 1. The first-order valence-corrected chi connectivity index (χ1v) is 3.96. The number of rotatable bonds is 3. The number of carbonyl (C=O) groups is 1. The van der Waals surface area contributed by atoms with E-state index < -0.39 is 0 Å². The van der Waals surface area contributed by atoms with Gasteiger partial charge in [-0.3, -0.25) is 9.48 Å². The number of halogens is 1. The van der Waals surface area contributed by atoms with E-state index in [1.807, 2.05) is 0 Å². The molecule has 0 atom stereocenters. The Morgan fingerprint density at radius 1 is 1.83 bits per heavy atom. The minimum atomic E-state index is 0.0242. The molecule has 0 fully saturated rings. The number of nitrogens with zero attached hydrogens (tertiary/aromatic N) is 2. The molecule has 0 saturated carbocycles. The van der Waals surface area contributed by atoms with E-state index in [0.29, 0.717) is 12.1 Å². The minimum Gasteiger partial charge on any atom is -0.294 e. The minimum absolute atomic E-state index is 0.0242. The van der Waals surface area contributed by atoms with Crippen LogP contribution in [0.2, 0.25) is 0 Å². The van der Waals surface area contributed by atoms with Gasteiger partial charge in [0, 0.05) is 11.7 Å². The number of carbonyl (C=O) groups excluding carboxylic acids is 1. The third-order valence-corrected chi connectivity index (χ3v) is 1.60. The van der Waals surface area contributed by atoms with Crippen LogP contribution in [0.25, 0.3) is 0 Å². The molecule has 1 aromatic heterocycles. The first-order chi connectivity index (χ1) is 5.74. The van der Waals surface area contributed by atoms with Crippen molar-refractivity contribution in [2.75, 3.05) is 0 Å². The summed E-state index contributed by atoms with van der Waals surface area (Å²) in [5, 5.41) is 3.96. The van der Waals surface area contributed by atoms with Gasteiger partial charge in [0.05, 0.1) is 18.3 Å². The zero-order chi connectivity index (χ0) is 8.97. The van der Waals surface area contributed by atoms with Crippen molar-refractivity contribution in [2.45, 2.75) is 13.5 Å². The van der Waals surface area contributed by atoms with Crippen LogP contribution in [0.5, 0.6) is 0 Å². The number of hydrogen-bond donors (Lipinski definition) is 0. The zero-order valence-electron chi connectivity index (χ0n) is 6.70. The Morgan fingerprint density at radius 3 is 3.08 bits per heavy atom. The summed E-state index contributed by atoms with van der Waals surface area (Å²) < 4.78 is 1.65. The maximum absolute atomic E-state index is 10.8. The summed E-state index contributed by atoms with van der Waals surface area (Å²) >= 11 is 5.33. The largest absolute Gasteiger partial charge is 0.294 e. The Morgan fingerprint density at radius 2 is 2.58 bits per heavy atom. The van der Waals surface area contributed by atoms with Gasteiger partial charge in [0.1, 0.15) is 0 Å². The lowest BCUT2D eigenvalue weighted by Gasteiger charge is -1.91. The molecule has 0 radical (unpaired) electrons. The van der Waals surface area contributed by atoms with E-state index in [9.17, 15) is 4.79 Å². The number of hydrogen-bond acceptors (Lipinski definition) is 2. The van der Waals surface area contributed by atoms with Crippen molar-refractivity contribution in [3.8, 4) is 0 Å². The average Bonchev–Trinajstić information content (AvgIpc) is 2.48. The Bertz CT molecular complexity index is 304. The van der Waals surface area contributed by atoms with Gasteiger partial charge in [-0.1, -0.05) is 17.7 Å². The molecule has 0 amide bonds. The van der Waals surface area contributed by atoms with E-state index in [-0.39, 0.29) is 5.78 Å². The predicted molar refractivity (Wildman–Crippen MR) is 47.2 cm³/mol. The van der Waals surface area contributed by atoms with Crippen molar-refractivity contribution in [2.24, 2.45) is 0 Å². The molecule has 0 aliphatic rings. The van der Waals surface area contributed by atoms with Crippen LogP contribution in [0.1, 0.15) is 17.3 Å². The molecule has 0 saturated heterocycles. The van der Waals surface area contributed by atoms with E-state index in [0.717, 1.165) is 0 Å². The second-order valence-corrected chi connectivity index (χ2v) is 2.62. The lowest BCUT2D eigenvalue weighted by molar-refractivity contribution is 0.101. The maximum Gasteiger partial charge on any atom is 0.162 e. The fraction of sp³-hybridized carbons (Fsp3) is 0.250. The highest BCUT2D eigenvalue weighted by molar-refractivity contribution is 6.25. The summed E-state index contributed by atoms with van der Waals surface area (Å²) in [6, 6.07) is 0. The van der Waals surface area contributed by atoms with Gasteiger partial charge in [0.15, 0.2) is 5.78 Å². The van der Waals surface area contributed by atoms with Crippen molar-refractivity contribution in [3.05, 3.63) is 29.6 Å². The fourth-order valence-electron chi connectivity index (χ4n) is 0.793. The third kappa shape index (κ3) is 2.20. The normalized spacial score (nSPS) is 10.8. The van der Waals surface area contributed by atoms with Gasteiger partial charge in [-0.25, -0.2) is 0 Å². The van der Waals surface area contributed by atoms with Crippen molar-refractivity contribution in [3.63, 3.8) is 0 Å². The molecule has 1 rings (SSSR count). The summed E-state index contributed by atoms with van der Waals surface area (Å²) in [5.74, 6) is 0.0242. The lowest BCUT2D eigenvalue weighted by atomic mass is 10.3. The van der Waals surface area contributed by atoms with Crippen LogP contribution in [-0.4, -0.2) is 15.6 Å². The summed E-state index contributed by atoms with van der Waals surface area (Å²) in [5.41, 5.74) is 2.05. The van der Waals surface area contributed by atoms with Crippen LogP contribution in [0.15, 0.2) is 24.0 Å². The molecular weight excluding hydrogens is 176 g/mol. The molecule has 64 valence electrons. The van der Waals surface area contributed by atoms with Crippen LogP contribution in [0.3, 0.4) is 0 Å². The lowest BCUT2D eigenvalue weighted by Crippen LogP contribution is -1.94. The van der Waals surface area contributed by atoms with E-state index in [2.05, 4.69) is 5.10 Å². The highest BCUT2D eigenvalue weighted by Crippen LogP contribution is 1.98. The molecule has 0 N–H and O–H groups in total. The smallest absolute Gasteiger partial charge is 0.162 e. The fourth-order valence-corrected chi connectivity index (χ4v) is 0.873. The highest BCUT2D eigenvalue weighted by Gasteiger charge is 2.00. The molecule has 1 heterocycles. The van der Waals surface area contributed by atoms with E-state index in [1.54, 1.807) is 23.2 Å². The van der Waals surface area contributed by atoms with Crippen LogP contribution >= 0.6 is 11.6 Å². The average molecular weight is 185 g/mol. The first-order valence-electron chi connectivity index (χ1n) is 3.52. The molecule has 4 heteroatoms. The van der Waals surface area contributed by atoms with E-state index in [1.165, 1.54) is 12.5 Å². The third-order valence-electron chi connectivity index (χ3n) is 1.42. The first kappa shape index (κ1) is 9.00. The molecule has 0 aliphatic heterocycles. The highest BCUT2D eigenvalue weighted by atomic mass is 35.5. The Balaban J connectivity index is 2.70. The molecule has 0 aromatic carbocycles. The topological polar surface area (TPSA) is 34.9 Å². The second-order valence-electron chi connectivity index (χ2n) is 2.37. The maximum atomic E-state index is 10.8. The van der Waals surface area contributed by atoms with Crippen LogP contribution < -0.4 is 0 Å². The summed E-state index contributed by atoms with van der Waals surface area (Å²) in [4.78, 5) is 10.8. The van der Waals surface area contributed by atoms with Gasteiger partial charge < -0.3 is 0 Å². The molecular formula is C8H9ClN2O. The second kappa shape index (κ2) is 4.07. The van der Waals surface area contributed by atoms with Crippen LogP contribution in [0, 0.1) is 0 Å².